The summed E-state index contributed by atoms with van der Waals surface area (Å²) in [7, 11) is 0. The first-order chi connectivity index (χ1) is 2.89. The molecular formula is C3H4N2OZn. The van der Waals surface area contributed by atoms with Gasteiger partial charge in [-0.25, -0.2) is 4.79 Å². The zero-order valence-corrected chi connectivity index (χ0v) is 6.74. The third-order valence-electron chi connectivity index (χ3n) is 0.512. The Balaban J connectivity index is 0.000000360. The molecule has 0 aliphatic carbocycles. The molecule has 0 aliphatic rings. The Morgan fingerprint density at radius 1 is 1.29 bits per heavy atom. The molecule has 0 saturated heterocycles. The van der Waals surface area contributed by atoms with Crippen molar-refractivity contribution in [3.8, 4) is 0 Å². The second-order valence-electron chi connectivity index (χ2n) is 0.951. The number of aromatic amines is 2. The molecule has 0 radical (unpaired) electrons. The van der Waals surface area contributed by atoms with Crippen molar-refractivity contribution >= 4 is 0 Å². The van der Waals surface area contributed by atoms with Crippen LogP contribution in [0.15, 0.2) is 17.2 Å². The first-order valence-corrected chi connectivity index (χ1v) is 1.61. The minimum absolute atomic E-state index is 0. The molecule has 0 fully saturated rings. The van der Waals surface area contributed by atoms with Crippen molar-refractivity contribution in [3.05, 3.63) is 22.9 Å². The van der Waals surface area contributed by atoms with Crippen LogP contribution in [0.1, 0.15) is 0 Å². The molecule has 0 spiro atoms. The van der Waals surface area contributed by atoms with Gasteiger partial charge in [-0.05, 0) is 0 Å². The maximum absolute atomic E-state index is 9.96. The monoisotopic (exact) mass is 148 g/mol. The Labute approximate surface area is 52.9 Å². The van der Waals surface area contributed by atoms with Crippen molar-refractivity contribution in [2.75, 3.05) is 0 Å². The second-order valence-corrected chi connectivity index (χ2v) is 0.951. The van der Waals surface area contributed by atoms with E-state index < -0.39 is 0 Å². The normalized spacial score (nSPS) is 7.43. The van der Waals surface area contributed by atoms with Crippen LogP contribution in [0.4, 0.5) is 0 Å². The topological polar surface area (TPSA) is 48.6 Å². The van der Waals surface area contributed by atoms with Gasteiger partial charge in [0, 0.05) is 31.9 Å². The fourth-order valence-electron chi connectivity index (χ4n) is 0.276. The first-order valence-electron chi connectivity index (χ1n) is 1.61. The number of rotatable bonds is 0. The van der Waals surface area contributed by atoms with Gasteiger partial charge in [-0.15, -0.1) is 0 Å². The zero-order valence-electron chi connectivity index (χ0n) is 3.77. The van der Waals surface area contributed by atoms with Crippen LogP contribution >= 0.6 is 0 Å². The molecule has 2 N–H and O–H groups in total. The van der Waals surface area contributed by atoms with Crippen molar-refractivity contribution < 1.29 is 19.5 Å². The van der Waals surface area contributed by atoms with E-state index in [0.29, 0.717) is 0 Å². The van der Waals surface area contributed by atoms with E-state index in [9.17, 15) is 4.79 Å². The summed E-state index contributed by atoms with van der Waals surface area (Å²) < 4.78 is 0. The Kier molecular flexibility index (Phi) is 2.60. The largest absolute Gasteiger partial charge is 0.322 e. The molecule has 0 aliphatic heterocycles. The maximum atomic E-state index is 9.96. The molecule has 0 aromatic carbocycles. The van der Waals surface area contributed by atoms with Gasteiger partial charge in [-0.1, -0.05) is 0 Å². The van der Waals surface area contributed by atoms with Crippen molar-refractivity contribution in [1.29, 1.82) is 0 Å². The van der Waals surface area contributed by atoms with Gasteiger partial charge in [-0.2, -0.15) is 0 Å². The quantitative estimate of drug-likeness (QED) is 0.489. The molecule has 1 rings (SSSR count). The summed E-state index contributed by atoms with van der Waals surface area (Å²) in [5.41, 5.74) is -0.157. The van der Waals surface area contributed by atoms with Crippen LogP contribution in [0.2, 0.25) is 0 Å². The Bertz CT molecular complexity index is 151. The van der Waals surface area contributed by atoms with E-state index in [1.807, 2.05) is 0 Å². The molecule has 1 aromatic heterocycles. The Morgan fingerprint density at radius 2 is 1.71 bits per heavy atom. The molecule has 0 unspecified atom stereocenters. The van der Waals surface area contributed by atoms with Crippen LogP contribution in [-0.4, -0.2) is 9.97 Å². The average molecular weight is 149 g/mol. The third kappa shape index (κ3) is 1.69. The van der Waals surface area contributed by atoms with Crippen LogP contribution in [0, 0.1) is 0 Å². The molecule has 34 valence electrons. The predicted octanol–water partition coefficient (Wildman–Crippen LogP) is -0.300. The summed E-state index contributed by atoms with van der Waals surface area (Å²) in [6.45, 7) is 0. The molecular weight excluding hydrogens is 145 g/mol. The molecule has 4 heteroatoms. The van der Waals surface area contributed by atoms with E-state index in [-0.39, 0.29) is 25.2 Å². The van der Waals surface area contributed by atoms with E-state index in [1.54, 1.807) is 12.4 Å². The third-order valence-corrected chi connectivity index (χ3v) is 0.512. The van der Waals surface area contributed by atoms with Crippen LogP contribution in [0.25, 0.3) is 0 Å². The minimum atomic E-state index is -0.157. The average Bonchev–Trinajstić information content (AvgIpc) is 1.86. The summed E-state index contributed by atoms with van der Waals surface area (Å²) in [5, 5.41) is 0. The van der Waals surface area contributed by atoms with E-state index in [1.165, 1.54) is 0 Å². The minimum Gasteiger partial charge on any atom is -0.313 e. The molecule has 0 amide bonds. The van der Waals surface area contributed by atoms with Crippen LogP contribution in [-0.2, 0) is 19.5 Å². The van der Waals surface area contributed by atoms with E-state index in [0.717, 1.165) is 0 Å². The van der Waals surface area contributed by atoms with Crippen molar-refractivity contribution in [2.24, 2.45) is 0 Å². The second kappa shape index (κ2) is 2.75. The van der Waals surface area contributed by atoms with Gasteiger partial charge in [0.05, 0.1) is 0 Å². The smallest absolute Gasteiger partial charge is 0.313 e. The Hall–Kier alpha value is -0.367. The number of hydrogen-bond donors (Lipinski definition) is 2. The van der Waals surface area contributed by atoms with Crippen LogP contribution in [0.3, 0.4) is 0 Å². The molecule has 1 aromatic rings. The van der Waals surface area contributed by atoms with Gasteiger partial charge in [0.2, 0.25) is 0 Å². The van der Waals surface area contributed by atoms with E-state index >= 15 is 0 Å². The van der Waals surface area contributed by atoms with E-state index in [4.69, 9.17) is 0 Å². The van der Waals surface area contributed by atoms with Gasteiger partial charge in [0.25, 0.3) is 0 Å². The summed E-state index contributed by atoms with van der Waals surface area (Å²) in [6, 6.07) is 0. The maximum Gasteiger partial charge on any atom is 0.322 e. The number of nitrogens with one attached hydrogen (secondary N) is 2. The van der Waals surface area contributed by atoms with Gasteiger partial charge in [-0.3, -0.25) is 0 Å². The van der Waals surface area contributed by atoms with Crippen LogP contribution < -0.4 is 5.69 Å². The Morgan fingerprint density at radius 3 is 1.86 bits per heavy atom. The van der Waals surface area contributed by atoms with Crippen molar-refractivity contribution in [1.82, 2.24) is 9.97 Å². The van der Waals surface area contributed by atoms with Crippen LogP contribution in [0.5, 0.6) is 0 Å². The summed E-state index contributed by atoms with van der Waals surface area (Å²) in [4.78, 5) is 14.7. The molecule has 3 nitrogen and oxygen atoms in total. The molecule has 0 atom stereocenters. The molecule has 0 saturated carbocycles. The molecule has 0 bridgehead atoms. The van der Waals surface area contributed by atoms with Gasteiger partial charge < -0.3 is 9.97 Å². The number of hydrogen-bond acceptors (Lipinski definition) is 1. The first kappa shape index (κ1) is 6.63. The van der Waals surface area contributed by atoms with E-state index in [2.05, 4.69) is 9.97 Å². The summed E-state index contributed by atoms with van der Waals surface area (Å²) in [5.74, 6) is 0. The standard InChI is InChI=1S/C3H4N2O.Zn/c6-3-4-1-2-5-3;/h1-2H,(H2,4,5,6);. The summed E-state index contributed by atoms with van der Waals surface area (Å²) in [6.07, 6.45) is 3.09. The predicted molar refractivity (Wildman–Crippen MR) is 21.4 cm³/mol. The fourth-order valence-corrected chi connectivity index (χ4v) is 0.276. The summed E-state index contributed by atoms with van der Waals surface area (Å²) >= 11 is 0. The number of aromatic nitrogens is 2. The fraction of sp³-hybridized carbons (Fsp3) is 0. The SMILES string of the molecule is O=c1[nH]cc[nH]1.[Zn]. The number of imidazole rings is 1. The molecule has 1 heterocycles. The van der Waals surface area contributed by atoms with Gasteiger partial charge in [0.15, 0.2) is 0 Å². The van der Waals surface area contributed by atoms with Crippen molar-refractivity contribution in [3.63, 3.8) is 0 Å². The van der Waals surface area contributed by atoms with Crippen molar-refractivity contribution in [2.45, 2.75) is 0 Å². The van der Waals surface area contributed by atoms with Gasteiger partial charge >= 0.3 is 5.69 Å². The van der Waals surface area contributed by atoms with Gasteiger partial charge in [0.1, 0.15) is 0 Å². The zero-order chi connectivity index (χ0) is 4.41. The molecule has 7 heavy (non-hydrogen) atoms. The number of H-pyrrole nitrogens is 2.